The lowest BCUT2D eigenvalue weighted by Crippen LogP contribution is -2.53. The second-order valence-corrected chi connectivity index (χ2v) is 12.6. The van der Waals surface area contributed by atoms with Crippen molar-refractivity contribution in [1.29, 1.82) is 0 Å². The second kappa shape index (κ2) is 15.0. The van der Waals surface area contributed by atoms with Gasteiger partial charge in [0.1, 0.15) is 24.2 Å². The molecular formula is C33H33BrFN3O5S. The Balaban J connectivity index is 1.78. The number of rotatable bonds is 13. The van der Waals surface area contributed by atoms with Gasteiger partial charge >= 0.3 is 0 Å². The summed E-state index contributed by atoms with van der Waals surface area (Å²) < 4.78 is 49.0. The quantitative estimate of drug-likeness (QED) is 0.199. The van der Waals surface area contributed by atoms with Crippen molar-refractivity contribution < 1.29 is 27.1 Å². The lowest BCUT2D eigenvalue weighted by molar-refractivity contribution is -0.139. The number of nitrogens with one attached hydrogen (secondary N) is 1. The minimum atomic E-state index is -4.34. The Morgan fingerprint density at radius 3 is 2.11 bits per heavy atom. The fourth-order valence-corrected chi connectivity index (χ4v) is 6.32. The number of sulfonamides is 1. The van der Waals surface area contributed by atoms with Gasteiger partial charge in [0.15, 0.2) is 0 Å². The molecule has 11 heteroatoms. The summed E-state index contributed by atoms with van der Waals surface area (Å²) >= 11 is 3.42. The van der Waals surface area contributed by atoms with Crippen molar-refractivity contribution in [2.24, 2.45) is 0 Å². The summed E-state index contributed by atoms with van der Waals surface area (Å²) in [5.41, 5.74) is 1.78. The van der Waals surface area contributed by atoms with Crippen molar-refractivity contribution in [2.75, 3.05) is 24.5 Å². The summed E-state index contributed by atoms with van der Waals surface area (Å²) in [4.78, 5) is 28.8. The van der Waals surface area contributed by atoms with Crippen LogP contribution in [0.3, 0.4) is 0 Å². The van der Waals surface area contributed by atoms with Crippen molar-refractivity contribution in [1.82, 2.24) is 10.2 Å². The Labute approximate surface area is 265 Å². The Morgan fingerprint density at radius 1 is 0.886 bits per heavy atom. The average Bonchev–Trinajstić information content (AvgIpc) is 3.03. The SMILES string of the molecule is CCOc1ccc(N(CC(=O)N(Cc2ccc(Br)cc2)[C@H](Cc2ccccc2)C(=O)NC)S(=O)(=O)c2ccc(F)cc2)cc1. The molecule has 0 aliphatic carbocycles. The van der Waals surface area contributed by atoms with E-state index in [2.05, 4.69) is 21.2 Å². The number of ether oxygens (including phenoxy) is 1. The maximum absolute atomic E-state index is 14.3. The van der Waals surface area contributed by atoms with E-state index in [1.807, 2.05) is 61.5 Å². The van der Waals surface area contributed by atoms with Crippen molar-refractivity contribution in [3.05, 3.63) is 125 Å². The van der Waals surface area contributed by atoms with Gasteiger partial charge in [0.25, 0.3) is 10.0 Å². The summed E-state index contributed by atoms with van der Waals surface area (Å²) in [5.74, 6) is -1.06. The molecule has 0 aliphatic rings. The van der Waals surface area contributed by atoms with Crippen molar-refractivity contribution in [2.45, 2.75) is 30.8 Å². The molecular weight excluding hydrogens is 649 g/mol. The van der Waals surface area contributed by atoms with Gasteiger partial charge in [-0.1, -0.05) is 58.4 Å². The van der Waals surface area contributed by atoms with E-state index < -0.39 is 40.2 Å². The monoisotopic (exact) mass is 681 g/mol. The number of benzene rings is 4. The van der Waals surface area contributed by atoms with Gasteiger partial charge in [-0.05, 0) is 78.7 Å². The first kappa shape index (κ1) is 32.7. The number of hydrogen-bond acceptors (Lipinski definition) is 5. The van der Waals surface area contributed by atoms with Crippen LogP contribution < -0.4 is 14.4 Å². The molecule has 230 valence electrons. The highest BCUT2D eigenvalue weighted by atomic mass is 79.9. The van der Waals surface area contributed by atoms with Crippen LogP contribution in [0.5, 0.6) is 5.75 Å². The highest BCUT2D eigenvalue weighted by Gasteiger charge is 2.34. The maximum atomic E-state index is 14.3. The third-order valence-corrected chi connectivity index (χ3v) is 9.22. The minimum absolute atomic E-state index is 0.0464. The molecule has 0 spiro atoms. The van der Waals surface area contributed by atoms with E-state index in [-0.39, 0.29) is 23.5 Å². The van der Waals surface area contributed by atoms with Gasteiger partial charge < -0.3 is 15.0 Å². The lowest BCUT2D eigenvalue weighted by atomic mass is 10.0. The molecule has 44 heavy (non-hydrogen) atoms. The van der Waals surface area contributed by atoms with E-state index in [4.69, 9.17) is 4.74 Å². The molecule has 0 saturated heterocycles. The Hall–Kier alpha value is -4.22. The molecule has 4 aromatic rings. The predicted molar refractivity (Wildman–Crippen MR) is 171 cm³/mol. The maximum Gasteiger partial charge on any atom is 0.264 e. The topological polar surface area (TPSA) is 96.0 Å². The predicted octanol–water partition coefficient (Wildman–Crippen LogP) is 5.57. The molecule has 0 bridgehead atoms. The van der Waals surface area contributed by atoms with Gasteiger partial charge in [0, 0.05) is 24.5 Å². The van der Waals surface area contributed by atoms with E-state index in [1.54, 1.807) is 24.3 Å². The fourth-order valence-electron chi connectivity index (χ4n) is 4.64. The molecule has 0 saturated carbocycles. The van der Waals surface area contributed by atoms with Crippen LogP contribution in [0.1, 0.15) is 18.1 Å². The van der Waals surface area contributed by atoms with E-state index in [1.165, 1.54) is 11.9 Å². The van der Waals surface area contributed by atoms with E-state index in [9.17, 15) is 22.4 Å². The lowest BCUT2D eigenvalue weighted by Gasteiger charge is -2.33. The molecule has 0 radical (unpaired) electrons. The molecule has 8 nitrogen and oxygen atoms in total. The summed E-state index contributed by atoms with van der Waals surface area (Å²) in [5, 5.41) is 2.66. The number of amides is 2. The molecule has 0 heterocycles. The standard InChI is InChI=1S/C33H33BrFN3O5S/c1-3-43-29-17-15-28(16-18-29)38(44(41,42)30-19-13-27(35)14-20-30)23-32(39)37(22-25-9-11-26(34)12-10-25)31(33(40)36-2)21-24-7-5-4-6-8-24/h4-20,31H,3,21-23H2,1-2H3,(H,36,40)/t31-/m1/s1. The van der Waals surface area contributed by atoms with Gasteiger partial charge in [-0.2, -0.15) is 0 Å². The van der Waals surface area contributed by atoms with Crippen LogP contribution >= 0.6 is 15.9 Å². The van der Waals surface area contributed by atoms with Crippen LogP contribution in [0.2, 0.25) is 0 Å². The number of halogens is 2. The third kappa shape index (κ3) is 8.23. The van der Waals surface area contributed by atoms with Crippen molar-refractivity contribution in [3.63, 3.8) is 0 Å². The van der Waals surface area contributed by atoms with Crippen LogP contribution in [0, 0.1) is 5.82 Å². The zero-order valence-electron chi connectivity index (χ0n) is 24.3. The highest BCUT2D eigenvalue weighted by molar-refractivity contribution is 9.10. The average molecular weight is 683 g/mol. The molecule has 4 aromatic carbocycles. The van der Waals surface area contributed by atoms with Crippen molar-refractivity contribution in [3.8, 4) is 5.75 Å². The Kier molecular flexibility index (Phi) is 11.1. The van der Waals surface area contributed by atoms with Crippen LogP contribution in [0.15, 0.2) is 112 Å². The molecule has 1 atom stereocenters. The fraction of sp³-hybridized carbons (Fsp3) is 0.212. The number of nitrogens with zero attached hydrogens (tertiary/aromatic N) is 2. The number of likely N-dealkylation sites (N-methyl/N-ethyl adjacent to an activating group) is 1. The second-order valence-electron chi connectivity index (χ2n) is 9.86. The molecule has 4 rings (SSSR count). The van der Waals surface area contributed by atoms with E-state index >= 15 is 0 Å². The van der Waals surface area contributed by atoms with Crippen LogP contribution in [-0.2, 0) is 32.6 Å². The van der Waals surface area contributed by atoms with Crippen LogP contribution in [0.25, 0.3) is 0 Å². The van der Waals surface area contributed by atoms with Gasteiger partial charge in [0.2, 0.25) is 11.8 Å². The van der Waals surface area contributed by atoms with Crippen molar-refractivity contribution >= 4 is 43.5 Å². The zero-order chi connectivity index (χ0) is 31.7. The zero-order valence-corrected chi connectivity index (χ0v) is 26.7. The number of carbonyl (C=O) groups excluding carboxylic acids is 2. The third-order valence-electron chi connectivity index (χ3n) is 6.90. The normalized spacial score (nSPS) is 11.8. The Morgan fingerprint density at radius 2 is 1.52 bits per heavy atom. The first-order valence-electron chi connectivity index (χ1n) is 13.9. The Bertz CT molecular complexity index is 1650. The first-order chi connectivity index (χ1) is 21.1. The molecule has 2 amide bonds. The molecule has 0 fully saturated rings. The largest absolute Gasteiger partial charge is 0.494 e. The molecule has 0 aliphatic heterocycles. The van der Waals surface area contributed by atoms with Gasteiger partial charge in [-0.15, -0.1) is 0 Å². The minimum Gasteiger partial charge on any atom is -0.494 e. The molecule has 0 unspecified atom stereocenters. The first-order valence-corrected chi connectivity index (χ1v) is 16.2. The number of carbonyl (C=O) groups is 2. The smallest absolute Gasteiger partial charge is 0.264 e. The summed E-state index contributed by atoms with van der Waals surface area (Å²) in [6.45, 7) is 1.68. The van der Waals surface area contributed by atoms with Gasteiger partial charge in [-0.3, -0.25) is 13.9 Å². The summed E-state index contributed by atoms with van der Waals surface area (Å²) in [7, 11) is -2.85. The molecule has 0 aromatic heterocycles. The van der Waals surface area contributed by atoms with Gasteiger partial charge in [-0.25, -0.2) is 12.8 Å². The number of anilines is 1. The van der Waals surface area contributed by atoms with Crippen LogP contribution in [0.4, 0.5) is 10.1 Å². The van der Waals surface area contributed by atoms with Crippen LogP contribution in [-0.4, -0.2) is 51.4 Å². The summed E-state index contributed by atoms with van der Waals surface area (Å²) in [6.07, 6.45) is 0.205. The van der Waals surface area contributed by atoms with Gasteiger partial charge in [0.05, 0.1) is 17.2 Å². The summed E-state index contributed by atoms with van der Waals surface area (Å²) in [6, 6.07) is 26.3. The van der Waals surface area contributed by atoms with E-state index in [0.29, 0.717) is 12.4 Å². The van der Waals surface area contributed by atoms with E-state index in [0.717, 1.165) is 44.2 Å². The molecule has 1 N–H and O–H groups in total. The highest BCUT2D eigenvalue weighted by Crippen LogP contribution is 2.27. The number of hydrogen-bond donors (Lipinski definition) is 1.